The molecule has 2 heterocycles. The van der Waals surface area contributed by atoms with Crippen molar-refractivity contribution < 1.29 is 43.4 Å². The molecule has 0 radical (unpaired) electrons. The summed E-state index contributed by atoms with van der Waals surface area (Å²) in [6.45, 7) is -0.379. The number of hydrogen-bond donors (Lipinski definition) is 0. The topological polar surface area (TPSA) is 125 Å². The number of ether oxygens (including phenoxy) is 2. The van der Waals surface area contributed by atoms with Gasteiger partial charge < -0.3 is 0 Å². The van der Waals surface area contributed by atoms with Gasteiger partial charge in [-0.1, -0.05) is 0 Å². The molecule has 12 heteroatoms. The quantitative estimate of drug-likeness (QED) is 0.204. The summed E-state index contributed by atoms with van der Waals surface area (Å²) >= 11 is -2.53. The van der Waals surface area contributed by atoms with Crippen LogP contribution in [0, 0.1) is 4.91 Å². The zero-order chi connectivity index (χ0) is 17.5. The van der Waals surface area contributed by atoms with Crippen LogP contribution in [0.1, 0.15) is 12.8 Å². The van der Waals surface area contributed by atoms with Crippen molar-refractivity contribution in [3.63, 3.8) is 0 Å². The molecular weight excluding hydrogens is 452 g/mol. The SMILES string of the molecule is O=C(CO[N+](=O)OCC(=O)[AsH]C1CCOC1=O)[AsH]C1CCOC1=O. The van der Waals surface area contributed by atoms with Crippen LogP contribution in [0.4, 0.5) is 0 Å². The number of hydrogen-bond acceptors (Lipinski definition) is 9. The third kappa shape index (κ3) is 5.91. The molecule has 2 fully saturated rings. The van der Waals surface area contributed by atoms with Gasteiger partial charge in [-0.15, -0.1) is 0 Å². The van der Waals surface area contributed by atoms with Gasteiger partial charge in [0.1, 0.15) is 0 Å². The van der Waals surface area contributed by atoms with Crippen LogP contribution in [0.5, 0.6) is 0 Å². The van der Waals surface area contributed by atoms with Crippen molar-refractivity contribution in [1.82, 2.24) is 0 Å². The Kier molecular flexibility index (Phi) is 7.24. The third-order valence-corrected chi connectivity index (χ3v) is 8.76. The van der Waals surface area contributed by atoms with Gasteiger partial charge >= 0.3 is 150 Å². The fraction of sp³-hybridized carbons (Fsp3) is 0.667. The summed E-state index contributed by atoms with van der Waals surface area (Å²) in [7, 11) is 0. The van der Waals surface area contributed by atoms with Crippen molar-refractivity contribution in [2.45, 2.75) is 22.3 Å². The van der Waals surface area contributed by atoms with E-state index >= 15 is 0 Å². The minimum absolute atomic E-state index is 0.284. The van der Waals surface area contributed by atoms with E-state index in [-0.39, 0.29) is 35.6 Å². The van der Waals surface area contributed by atoms with E-state index in [1.807, 2.05) is 0 Å². The van der Waals surface area contributed by atoms with Crippen molar-refractivity contribution in [1.29, 1.82) is 0 Å². The van der Waals surface area contributed by atoms with Gasteiger partial charge in [0.15, 0.2) is 0 Å². The number of cyclic esters (lactones) is 2. The van der Waals surface area contributed by atoms with E-state index in [1.165, 1.54) is 0 Å². The summed E-state index contributed by atoms with van der Waals surface area (Å²) in [4.78, 5) is 66.1. The van der Waals surface area contributed by atoms with E-state index in [0.717, 1.165) is 0 Å². The molecule has 2 aliphatic rings. The molecule has 2 aliphatic heterocycles. The first-order valence-electron chi connectivity index (χ1n) is 7.11. The Hall–Kier alpha value is -1.40. The van der Waals surface area contributed by atoms with E-state index in [4.69, 9.17) is 9.47 Å². The number of nitrogens with zero attached hydrogens (tertiary/aromatic N) is 1. The second kappa shape index (κ2) is 9.18. The van der Waals surface area contributed by atoms with Gasteiger partial charge in [0, 0.05) is 0 Å². The van der Waals surface area contributed by atoms with Gasteiger partial charge in [0.05, 0.1) is 0 Å². The van der Waals surface area contributed by atoms with E-state index in [1.54, 1.807) is 0 Å². The Bertz CT molecular complexity index is 507. The maximum absolute atomic E-state index is 11.6. The molecule has 0 aromatic rings. The summed E-state index contributed by atoms with van der Waals surface area (Å²) < 4.78 is 8.11. The number of esters is 2. The normalized spacial score (nSPS) is 23.7. The standard InChI is InChI=1S/C12H16As2NO9/c16-9(13-7-1-3-21-11(7)18)5-23-15(20)24-6-10(17)14-8-2-4-22-12(8)19/h7-8,13-14H,1-6H2/q+1. The summed E-state index contributed by atoms with van der Waals surface area (Å²) in [5.74, 6) is -0.752. The van der Waals surface area contributed by atoms with Crippen molar-refractivity contribution in [3.8, 4) is 0 Å². The predicted molar refractivity (Wildman–Crippen MR) is 78.5 cm³/mol. The molecular formula is C12H16As2NO9+. The zero-order valence-electron chi connectivity index (χ0n) is 12.5. The zero-order valence-corrected chi connectivity index (χ0v) is 16.7. The van der Waals surface area contributed by atoms with Crippen LogP contribution in [0.25, 0.3) is 0 Å². The van der Waals surface area contributed by atoms with E-state index < -0.39 is 44.7 Å². The second-order valence-corrected chi connectivity index (χ2v) is 11.4. The molecule has 0 N–H and O–H groups in total. The summed E-state index contributed by atoms with van der Waals surface area (Å²) in [6.07, 6.45) is 1.04. The van der Waals surface area contributed by atoms with Gasteiger partial charge in [-0.3, -0.25) is 0 Å². The van der Waals surface area contributed by atoms with E-state index in [0.29, 0.717) is 26.1 Å². The molecule has 0 aliphatic carbocycles. The summed E-state index contributed by atoms with van der Waals surface area (Å²) in [6, 6.07) is 0. The van der Waals surface area contributed by atoms with Gasteiger partial charge in [-0.2, -0.15) is 0 Å². The van der Waals surface area contributed by atoms with Crippen LogP contribution in [-0.4, -0.2) is 84.1 Å². The van der Waals surface area contributed by atoms with Gasteiger partial charge in [-0.05, 0) is 0 Å². The molecule has 24 heavy (non-hydrogen) atoms. The molecule has 0 amide bonds. The van der Waals surface area contributed by atoms with Gasteiger partial charge in [0.25, 0.3) is 0 Å². The molecule has 4 atom stereocenters. The second-order valence-electron chi connectivity index (χ2n) is 4.92. The summed E-state index contributed by atoms with van der Waals surface area (Å²) in [5, 5.41) is -0.284. The van der Waals surface area contributed by atoms with E-state index in [2.05, 4.69) is 9.68 Å². The first-order valence-corrected chi connectivity index (χ1v) is 11.6. The fourth-order valence-electron chi connectivity index (χ4n) is 1.99. The average Bonchev–Trinajstić information content (AvgIpc) is 3.12. The molecule has 0 saturated carbocycles. The number of carbonyl (C=O) groups is 4. The van der Waals surface area contributed by atoms with Crippen molar-refractivity contribution in [2.24, 2.45) is 0 Å². The number of carbonyl (C=O) groups excluding carboxylic acids is 4. The van der Waals surface area contributed by atoms with Crippen molar-refractivity contribution in [3.05, 3.63) is 4.91 Å². The predicted octanol–water partition coefficient (Wildman–Crippen LogP) is -1.97. The van der Waals surface area contributed by atoms with Gasteiger partial charge in [-0.25, -0.2) is 0 Å². The number of rotatable bonds is 10. The molecule has 2 saturated heterocycles. The molecule has 0 aromatic heterocycles. The Labute approximate surface area is 149 Å². The van der Waals surface area contributed by atoms with Crippen molar-refractivity contribution in [2.75, 3.05) is 26.4 Å². The Morgan fingerprint density at radius 1 is 0.958 bits per heavy atom. The van der Waals surface area contributed by atoms with Crippen LogP contribution in [0.3, 0.4) is 0 Å². The Balaban J connectivity index is 1.59. The van der Waals surface area contributed by atoms with Crippen LogP contribution in [0.2, 0.25) is 9.41 Å². The Morgan fingerprint density at radius 2 is 1.38 bits per heavy atom. The first kappa shape index (κ1) is 18.9. The average molecular weight is 468 g/mol. The molecule has 10 nitrogen and oxygen atoms in total. The van der Waals surface area contributed by atoms with Crippen molar-refractivity contribution >= 4 is 52.6 Å². The summed E-state index contributed by atoms with van der Waals surface area (Å²) in [5.41, 5.74) is 0. The van der Waals surface area contributed by atoms with Gasteiger partial charge in [0.2, 0.25) is 0 Å². The van der Waals surface area contributed by atoms with Crippen LogP contribution < -0.4 is 0 Å². The minimum atomic E-state index is -1.27. The van der Waals surface area contributed by atoms with Crippen LogP contribution in [-0.2, 0) is 38.3 Å². The van der Waals surface area contributed by atoms with E-state index in [9.17, 15) is 24.1 Å². The first-order chi connectivity index (χ1) is 11.5. The monoisotopic (exact) mass is 468 g/mol. The molecule has 0 aromatic carbocycles. The Morgan fingerprint density at radius 3 is 1.71 bits per heavy atom. The third-order valence-electron chi connectivity index (χ3n) is 3.14. The fourth-order valence-corrected chi connectivity index (χ4v) is 6.18. The molecule has 0 bridgehead atoms. The molecule has 0 spiro atoms. The molecule has 132 valence electrons. The molecule has 2 rings (SSSR count). The molecule has 4 unspecified atom stereocenters. The van der Waals surface area contributed by atoms with Crippen LogP contribution >= 0.6 is 0 Å². The maximum atomic E-state index is 11.6. The van der Waals surface area contributed by atoms with Crippen LogP contribution in [0.15, 0.2) is 0 Å².